The van der Waals surface area contributed by atoms with Gasteiger partial charge in [0.25, 0.3) is 0 Å². The molecule has 0 bridgehead atoms. The monoisotopic (exact) mass is 398 g/mol. The van der Waals surface area contributed by atoms with Crippen LogP contribution in [-0.4, -0.2) is 43.1 Å². The maximum absolute atomic E-state index is 12.6. The number of hydrogen-bond donors (Lipinski definition) is 1. The molecule has 2 N–H and O–H groups in total. The van der Waals surface area contributed by atoms with Crippen molar-refractivity contribution in [3.8, 4) is 11.5 Å². The third-order valence-corrected chi connectivity index (χ3v) is 6.02. The van der Waals surface area contributed by atoms with Gasteiger partial charge in [0.2, 0.25) is 5.95 Å². The van der Waals surface area contributed by atoms with E-state index in [1.165, 1.54) is 11.3 Å². The maximum atomic E-state index is 12.6. The van der Waals surface area contributed by atoms with Gasteiger partial charge < -0.3 is 20.1 Å². The summed E-state index contributed by atoms with van der Waals surface area (Å²) in [6, 6.07) is 7.41. The van der Waals surface area contributed by atoms with E-state index in [1.807, 2.05) is 23.6 Å². The second-order valence-corrected chi connectivity index (χ2v) is 7.68. The summed E-state index contributed by atoms with van der Waals surface area (Å²) in [4.78, 5) is 24.7. The van der Waals surface area contributed by atoms with Crippen LogP contribution in [0.2, 0.25) is 0 Å². The van der Waals surface area contributed by atoms with Crippen molar-refractivity contribution in [1.82, 2.24) is 9.97 Å². The lowest BCUT2D eigenvalue weighted by Gasteiger charge is -2.31. The number of fused-ring (bicyclic) bond motifs is 1. The first-order valence-electron chi connectivity index (χ1n) is 9.12. The second-order valence-electron chi connectivity index (χ2n) is 6.74. The van der Waals surface area contributed by atoms with Crippen LogP contribution in [-0.2, 0) is 0 Å². The summed E-state index contributed by atoms with van der Waals surface area (Å²) in [6.07, 6.45) is 1.56. The van der Waals surface area contributed by atoms with Crippen LogP contribution in [0, 0.1) is 5.92 Å². The number of hydrogen-bond acceptors (Lipinski definition) is 8. The lowest BCUT2D eigenvalue weighted by Crippen LogP contribution is -2.37. The van der Waals surface area contributed by atoms with E-state index in [0.29, 0.717) is 28.8 Å². The first-order valence-corrected chi connectivity index (χ1v) is 10.0. The Labute approximate surface area is 167 Å². The highest BCUT2D eigenvalue weighted by atomic mass is 32.1. The van der Waals surface area contributed by atoms with Crippen molar-refractivity contribution in [1.29, 1.82) is 0 Å². The molecule has 1 fully saturated rings. The number of ketones is 1. The van der Waals surface area contributed by atoms with Crippen molar-refractivity contribution in [2.24, 2.45) is 5.92 Å². The summed E-state index contributed by atoms with van der Waals surface area (Å²) in [5.74, 6) is 2.46. The topological polar surface area (TPSA) is 90.6 Å². The molecular formula is C20H22N4O3S. The standard InChI is InChI=1S/C20H22N4O3S/c1-26-15-10-13-14(11-16(15)27-2)22-20(23-19(13)21)24-7-5-12(6-8-24)18(25)17-4-3-9-28-17/h3-4,9-12H,5-8H2,1-2H3,(H2,21,22,23). The lowest BCUT2D eigenvalue weighted by atomic mass is 9.92. The fraction of sp³-hybridized carbons (Fsp3) is 0.350. The molecule has 1 aliphatic heterocycles. The van der Waals surface area contributed by atoms with E-state index in [9.17, 15) is 4.79 Å². The zero-order valence-electron chi connectivity index (χ0n) is 15.8. The zero-order chi connectivity index (χ0) is 19.7. The molecular weight excluding hydrogens is 376 g/mol. The number of Topliss-reactive ketones (excluding diaryl/α,β-unsaturated/α-hetero) is 1. The van der Waals surface area contributed by atoms with Crippen LogP contribution in [0.4, 0.5) is 11.8 Å². The largest absolute Gasteiger partial charge is 0.493 e. The summed E-state index contributed by atoms with van der Waals surface area (Å²) in [7, 11) is 3.17. The van der Waals surface area contributed by atoms with Crippen molar-refractivity contribution in [3.63, 3.8) is 0 Å². The summed E-state index contributed by atoms with van der Waals surface area (Å²) >= 11 is 1.51. The minimum absolute atomic E-state index is 0.0528. The quantitative estimate of drug-likeness (QED) is 0.659. The molecule has 0 spiro atoms. The van der Waals surface area contributed by atoms with Gasteiger partial charge in [0.15, 0.2) is 17.3 Å². The van der Waals surface area contributed by atoms with Crippen LogP contribution in [0.15, 0.2) is 29.6 Å². The van der Waals surface area contributed by atoms with Gasteiger partial charge in [-0.2, -0.15) is 4.98 Å². The van der Waals surface area contributed by atoms with E-state index in [-0.39, 0.29) is 11.7 Å². The summed E-state index contributed by atoms with van der Waals surface area (Å²) in [5, 5.41) is 2.67. The molecule has 2 aromatic heterocycles. The fourth-order valence-electron chi connectivity index (χ4n) is 3.57. The average molecular weight is 398 g/mol. The zero-order valence-corrected chi connectivity index (χ0v) is 16.7. The number of carbonyl (C=O) groups excluding carboxylic acids is 1. The van der Waals surface area contributed by atoms with E-state index < -0.39 is 0 Å². The Balaban J connectivity index is 1.56. The lowest BCUT2D eigenvalue weighted by molar-refractivity contribution is 0.0904. The van der Waals surface area contributed by atoms with Gasteiger partial charge >= 0.3 is 0 Å². The molecule has 0 aliphatic carbocycles. The van der Waals surface area contributed by atoms with Gasteiger partial charge in [-0.15, -0.1) is 11.3 Å². The van der Waals surface area contributed by atoms with Crippen LogP contribution in [0.3, 0.4) is 0 Å². The Morgan fingerprint density at radius 2 is 1.89 bits per heavy atom. The molecule has 1 aromatic carbocycles. The van der Waals surface area contributed by atoms with Gasteiger partial charge in [-0.1, -0.05) is 6.07 Å². The molecule has 0 unspecified atom stereocenters. The number of piperidine rings is 1. The van der Waals surface area contributed by atoms with Gasteiger partial charge in [-0.25, -0.2) is 4.98 Å². The second kappa shape index (κ2) is 7.63. The van der Waals surface area contributed by atoms with Crippen molar-refractivity contribution in [2.75, 3.05) is 37.9 Å². The Morgan fingerprint density at radius 1 is 1.18 bits per heavy atom. The number of nitrogens with two attached hydrogens (primary N) is 1. The van der Waals surface area contributed by atoms with Gasteiger partial charge in [-0.3, -0.25) is 4.79 Å². The molecule has 0 atom stereocenters. The molecule has 0 amide bonds. The molecule has 7 nitrogen and oxygen atoms in total. The van der Waals surface area contributed by atoms with Gasteiger partial charge in [0.1, 0.15) is 5.82 Å². The summed E-state index contributed by atoms with van der Waals surface area (Å²) in [6.45, 7) is 1.44. The number of nitrogen functional groups attached to an aromatic ring is 1. The van der Waals surface area contributed by atoms with Crippen LogP contribution in [0.25, 0.3) is 10.9 Å². The first-order chi connectivity index (χ1) is 13.6. The van der Waals surface area contributed by atoms with Crippen molar-refractivity contribution < 1.29 is 14.3 Å². The Bertz CT molecular complexity index is 998. The summed E-state index contributed by atoms with van der Waals surface area (Å²) in [5.41, 5.74) is 6.90. The van der Waals surface area contributed by atoms with Crippen molar-refractivity contribution in [2.45, 2.75) is 12.8 Å². The van der Waals surface area contributed by atoms with Gasteiger partial charge in [0, 0.05) is 30.5 Å². The predicted octanol–water partition coefficient (Wildman–Crippen LogP) is 3.39. The molecule has 1 aliphatic rings. The average Bonchev–Trinajstić information content (AvgIpc) is 3.27. The Morgan fingerprint density at radius 3 is 2.54 bits per heavy atom. The smallest absolute Gasteiger partial charge is 0.227 e. The van der Waals surface area contributed by atoms with Crippen molar-refractivity contribution in [3.05, 3.63) is 34.5 Å². The maximum Gasteiger partial charge on any atom is 0.227 e. The number of benzene rings is 1. The molecule has 146 valence electrons. The third kappa shape index (κ3) is 3.35. The van der Waals surface area contributed by atoms with Crippen LogP contribution in [0.1, 0.15) is 22.5 Å². The normalized spacial score (nSPS) is 15.0. The SMILES string of the molecule is COc1cc2nc(N3CCC(C(=O)c4cccs4)CC3)nc(N)c2cc1OC. The van der Waals surface area contributed by atoms with Gasteiger partial charge in [0.05, 0.1) is 24.6 Å². The molecule has 3 heterocycles. The first kappa shape index (κ1) is 18.5. The van der Waals surface area contributed by atoms with Crippen molar-refractivity contribution >= 4 is 39.8 Å². The molecule has 0 saturated carbocycles. The number of rotatable bonds is 5. The molecule has 3 aromatic rings. The molecule has 0 radical (unpaired) electrons. The molecule has 28 heavy (non-hydrogen) atoms. The fourth-order valence-corrected chi connectivity index (χ4v) is 4.31. The van der Waals surface area contributed by atoms with E-state index in [0.717, 1.165) is 36.2 Å². The summed E-state index contributed by atoms with van der Waals surface area (Å²) < 4.78 is 10.7. The highest BCUT2D eigenvalue weighted by Crippen LogP contribution is 2.34. The molecule has 8 heteroatoms. The minimum atomic E-state index is 0.0528. The molecule has 1 saturated heterocycles. The van der Waals surface area contributed by atoms with Crippen LogP contribution < -0.4 is 20.1 Å². The Kier molecular flexibility index (Phi) is 5.04. The number of methoxy groups -OCH3 is 2. The minimum Gasteiger partial charge on any atom is -0.493 e. The van der Waals surface area contributed by atoms with E-state index in [4.69, 9.17) is 15.2 Å². The molecule has 4 rings (SSSR count). The highest BCUT2D eigenvalue weighted by molar-refractivity contribution is 7.12. The van der Waals surface area contributed by atoms with E-state index in [1.54, 1.807) is 20.3 Å². The number of thiophene rings is 1. The number of ether oxygens (including phenoxy) is 2. The van der Waals surface area contributed by atoms with Crippen LogP contribution in [0.5, 0.6) is 11.5 Å². The Hall–Kier alpha value is -2.87. The number of carbonyl (C=O) groups is 1. The number of nitrogens with zero attached hydrogens (tertiary/aromatic N) is 3. The highest BCUT2D eigenvalue weighted by Gasteiger charge is 2.27. The number of anilines is 2. The number of aromatic nitrogens is 2. The van der Waals surface area contributed by atoms with Crippen LogP contribution >= 0.6 is 11.3 Å². The van der Waals surface area contributed by atoms with E-state index >= 15 is 0 Å². The predicted molar refractivity (Wildman–Crippen MR) is 111 cm³/mol. The van der Waals surface area contributed by atoms with E-state index in [2.05, 4.69) is 14.9 Å². The third-order valence-electron chi connectivity index (χ3n) is 5.13. The van der Waals surface area contributed by atoms with Gasteiger partial charge in [-0.05, 0) is 30.4 Å².